The van der Waals surface area contributed by atoms with Gasteiger partial charge in [0.2, 0.25) is 11.8 Å². The number of phenols is 1. The Balaban J connectivity index is 1.19. The standard InChI is InChI=1S/C35H36FN7O7S/c1-37-33(47)28(40-31(46)19-43-18-21(41-42-43)5-4-13-36)6-2-3-14-38-35(51)39-20-7-10-24(27(15-20)34(48)49)32-25-11-8-22(44)16-29(25)50-30-17-23(45)9-12-26(30)32/h7-12,15-18,28,44H,2-6,13-14,19H2,1H3,(H,37,47)(H,40,46)(H,48,49)(H2,38,39,51). The van der Waals surface area contributed by atoms with Crippen molar-refractivity contribution in [1.29, 1.82) is 0 Å². The molecule has 2 heterocycles. The molecule has 0 radical (unpaired) electrons. The first-order valence-corrected chi connectivity index (χ1v) is 16.5. The largest absolute Gasteiger partial charge is 0.508 e. The number of carboxylic acids is 1. The van der Waals surface area contributed by atoms with Gasteiger partial charge < -0.3 is 35.9 Å². The Bertz CT molecular complexity index is 2100. The maximum Gasteiger partial charge on any atom is 0.336 e. The van der Waals surface area contributed by atoms with Gasteiger partial charge in [0, 0.05) is 54.1 Å². The number of unbranched alkanes of at least 4 members (excludes halogenated alkanes) is 1. The molecule has 0 spiro atoms. The number of thiocarbonyl (C=S) groups is 1. The van der Waals surface area contributed by atoms with E-state index in [1.54, 1.807) is 30.5 Å². The maximum atomic E-state index is 12.6. The van der Waals surface area contributed by atoms with Crippen LogP contribution in [0, 0.1) is 0 Å². The molecule has 2 amide bonds. The molecule has 1 aliphatic carbocycles. The molecule has 0 saturated heterocycles. The SMILES string of the molecule is CNC(=O)C(CCCCNC(=S)Nc1ccc(-c2c3ccc(=O)cc-3oc3cc(O)ccc23)c(C(=O)O)c1)NC(=O)Cn1cc(CCCF)nn1. The van der Waals surface area contributed by atoms with Crippen molar-refractivity contribution in [2.45, 2.75) is 44.7 Å². The van der Waals surface area contributed by atoms with Crippen molar-refractivity contribution in [3.8, 4) is 28.2 Å². The van der Waals surface area contributed by atoms with Gasteiger partial charge in [0.25, 0.3) is 0 Å². The number of halogens is 1. The van der Waals surface area contributed by atoms with Crippen LogP contribution in [-0.2, 0) is 22.6 Å². The first kappa shape index (κ1) is 36.4. The number of anilines is 1. The lowest BCUT2D eigenvalue weighted by atomic mass is 9.90. The Morgan fingerprint density at radius 1 is 1.04 bits per heavy atom. The van der Waals surface area contributed by atoms with E-state index in [0.717, 1.165) is 0 Å². The number of aromatic carboxylic acids is 1. The summed E-state index contributed by atoms with van der Waals surface area (Å²) in [6.45, 7) is -0.168. The van der Waals surface area contributed by atoms with Crippen molar-refractivity contribution in [1.82, 2.24) is 30.9 Å². The van der Waals surface area contributed by atoms with E-state index in [2.05, 4.69) is 31.6 Å². The minimum absolute atomic E-state index is 0.0285. The molecule has 0 bridgehead atoms. The summed E-state index contributed by atoms with van der Waals surface area (Å²) in [6.07, 6.45) is 3.85. The van der Waals surface area contributed by atoms with Gasteiger partial charge in [0.1, 0.15) is 29.7 Å². The van der Waals surface area contributed by atoms with Gasteiger partial charge in [-0.3, -0.25) is 18.8 Å². The lowest BCUT2D eigenvalue weighted by molar-refractivity contribution is -0.129. The summed E-state index contributed by atoms with van der Waals surface area (Å²) >= 11 is 5.44. The summed E-state index contributed by atoms with van der Waals surface area (Å²) in [4.78, 5) is 49.6. The summed E-state index contributed by atoms with van der Waals surface area (Å²) in [5, 5.41) is 40.2. The molecular formula is C35H36FN7O7S. The topological polar surface area (TPSA) is 201 Å². The predicted octanol–water partition coefficient (Wildman–Crippen LogP) is 3.85. The van der Waals surface area contributed by atoms with Gasteiger partial charge >= 0.3 is 5.97 Å². The third-order valence-corrected chi connectivity index (χ3v) is 8.26. The van der Waals surface area contributed by atoms with Crippen LogP contribution in [-0.4, -0.2) is 74.4 Å². The number of fused-ring (bicyclic) bond motifs is 2. The molecule has 6 N–H and O–H groups in total. The summed E-state index contributed by atoms with van der Waals surface area (Å²) < 4.78 is 19.6. The number of aryl methyl sites for hydroxylation is 1. The van der Waals surface area contributed by atoms with Crippen LogP contribution in [0.5, 0.6) is 5.75 Å². The molecule has 5 rings (SSSR count). The second-order valence-corrected chi connectivity index (χ2v) is 12.1. The Labute approximate surface area is 296 Å². The highest BCUT2D eigenvalue weighted by atomic mass is 32.1. The molecule has 3 aromatic rings. The molecule has 14 nitrogen and oxygen atoms in total. The number of benzene rings is 3. The van der Waals surface area contributed by atoms with Crippen LogP contribution in [0.4, 0.5) is 10.1 Å². The van der Waals surface area contributed by atoms with Gasteiger partial charge in [-0.2, -0.15) is 0 Å². The Kier molecular flexibility index (Phi) is 11.9. The Morgan fingerprint density at radius 2 is 1.84 bits per heavy atom. The average Bonchev–Trinajstić information content (AvgIpc) is 3.55. The van der Waals surface area contributed by atoms with E-state index < -0.39 is 24.6 Å². The zero-order valence-corrected chi connectivity index (χ0v) is 28.4. The fourth-order valence-electron chi connectivity index (χ4n) is 5.63. The molecule has 1 aliphatic heterocycles. The summed E-state index contributed by atoms with van der Waals surface area (Å²) in [6, 6.07) is 12.8. The lowest BCUT2D eigenvalue weighted by Gasteiger charge is -2.18. The number of likely N-dealkylation sites (N-methyl/N-ethyl adjacent to an activating group) is 1. The number of carbonyl (C=O) groups excluding carboxylic acids is 2. The quantitative estimate of drug-likeness (QED) is 0.0520. The van der Waals surface area contributed by atoms with E-state index >= 15 is 0 Å². The van der Waals surface area contributed by atoms with Crippen molar-refractivity contribution in [2.24, 2.45) is 0 Å². The molecule has 16 heteroatoms. The molecule has 0 fully saturated rings. The predicted molar refractivity (Wildman–Crippen MR) is 192 cm³/mol. The van der Waals surface area contributed by atoms with Gasteiger partial charge in [-0.05, 0) is 86.3 Å². The average molecular weight is 718 g/mol. The molecule has 1 unspecified atom stereocenters. The number of hydrogen-bond donors (Lipinski definition) is 6. The number of nitrogens with zero attached hydrogens (tertiary/aromatic N) is 3. The van der Waals surface area contributed by atoms with Crippen LogP contribution < -0.4 is 26.7 Å². The van der Waals surface area contributed by atoms with E-state index in [4.69, 9.17) is 16.6 Å². The number of aromatic hydroxyl groups is 1. The number of aromatic nitrogens is 3. The van der Waals surface area contributed by atoms with Gasteiger partial charge in [-0.15, -0.1) is 5.10 Å². The number of alkyl halides is 1. The number of rotatable bonds is 15. The minimum Gasteiger partial charge on any atom is -0.508 e. The monoisotopic (exact) mass is 717 g/mol. The molecule has 2 aliphatic rings. The zero-order chi connectivity index (χ0) is 36.5. The summed E-state index contributed by atoms with van der Waals surface area (Å²) in [5.41, 5.74) is 2.41. The first-order valence-electron chi connectivity index (χ1n) is 16.1. The lowest BCUT2D eigenvalue weighted by Crippen LogP contribution is -2.46. The highest BCUT2D eigenvalue weighted by Crippen LogP contribution is 2.42. The molecule has 2 aromatic carbocycles. The Hall–Kier alpha value is -5.90. The molecule has 0 saturated carbocycles. The molecule has 51 heavy (non-hydrogen) atoms. The smallest absolute Gasteiger partial charge is 0.336 e. The fourth-order valence-corrected chi connectivity index (χ4v) is 5.85. The van der Waals surface area contributed by atoms with E-state index in [1.165, 1.54) is 42.1 Å². The van der Waals surface area contributed by atoms with Crippen LogP contribution in [0.15, 0.2) is 70.0 Å². The fraction of sp³-hybridized carbons (Fsp3) is 0.286. The van der Waals surface area contributed by atoms with Crippen LogP contribution in [0.1, 0.15) is 41.7 Å². The van der Waals surface area contributed by atoms with Crippen molar-refractivity contribution in [3.63, 3.8) is 0 Å². The van der Waals surface area contributed by atoms with Crippen molar-refractivity contribution in [2.75, 3.05) is 25.6 Å². The van der Waals surface area contributed by atoms with Crippen LogP contribution >= 0.6 is 12.2 Å². The molecule has 1 aromatic heterocycles. The maximum absolute atomic E-state index is 12.6. The van der Waals surface area contributed by atoms with E-state index in [0.29, 0.717) is 72.1 Å². The highest BCUT2D eigenvalue weighted by Gasteiger charge is 2.23. The Morgan fingerprint density at radius 3 is 2.61 bits per heavy atom. The molecular weight excluding hydrogens is 681 g/mol. The number of amides is 2. The van der Waals surface area contributed by atoms with Crippen molar-refractivity contribution >= 4 is 51.8 Å². The number of nitrogens with one attached hydrogen (secondary N) is 4. The number of carboxylic acid groups (broad SMARTS) is 1. The van der Waals surface area contributed by atoms with Crippen LogP contribution in [0.2, 0.25) is 0 Å². The molecule has 266 valence electrons. The first-order chi connectivity index (χ1) is 24.6. The summed E-state index contributed by atoms with van der Waals surface area (Å²) in [5.74, 6) is -1.75. The van der Waals surface area contributed by atoms with Gasteiger partial charge in [-0.25, -0.2) is 9.48 Å². The van der Waals surface area contributed by atoms with Gasteiger partial charge in [0.05, 0.1) is 17.9 Å². The van der Waals surface area contributed by atoms with Gasteiger partial charge in [-0.1, -0.05) is 11.3 Å². The normalized spacial score (nSPS) is 11.6. The third-order valence-electron chi connectivity index (χ3n) is 8.02. The van der Waals surface area contributed by atoms with E-state index in [1.807, 2.05) is 0 Å². The number of phenolic OH excluding ortho intramolecular Hbond substituents is 1. The van der Waals surface area contributed by atoms with Crippen LogP contribution in [0.3, 0.4) is 0 Å². The van der Waals surface area contributed by atoms with Gasteiger partial charge in [0.15, 0.2) is 10.5 Å². The molecule has 1 atom stereocenters. The van der Waals surface area contributed by atoms with Crippen LogP contribution in [0.25, 0.3) is 33.4 Å². The van der Waals surface area contributed by atoms with Crippen molar-refractivity contribution < 1.29 is 33.4 Å². The summed E-state index contributed by atoms with van der Waals surface area (Å²) in [7, 11) is 1.49. The second-order valence-electron chi connectivity index (χ2n) is 11.7. The van der Waals surface area contributed by atoms with E-state index in [-0.39, 0.29) is 45.6 Å². The third kappa shape index (κ3) is 9.21. The van der Waals surface area contributed by atoms with E-state index in [9.17, 15) is 33.8 Å². The second kappa shape index (κ2) is 16.7. The number of carbonyl (C=O) groups is 3. The zero-order valence-electron chi connectivity index (χ0n) is 27.6. The van der Waals surface area contributed by atoms with Crippen molar-refractivity contribution in [3.05, 3.63) is 82.3 Å². The number of hydrogen-bond acceptors (Lipinski definition) is 9. The minimum atomic E-state index is -1.19. The highest BCUT2D eigenvalue weighted by molar-refractivity contribution is 7.80.